The van der Waals surface area contributed by atoms with E-state index in [0.29, 0.717) is 12.5 Å². The van der Waals surface area contributed by atoms with Crippen molar-refractivity contribution in [2.75, 3.05) is 6.61 Å². The van der Waals surface area contributed by atoms with Crippen molar-refractivity contribution >= 4 is 18.0 Å². The highest BCUT2D eigenvalue weighted by atomic mass is 19.1. The van der Waals surface area contributed by atoms with Crippen LogP contribution in [0.25, 0.3) is 6.08 Å². The molecular formula is C19H22F2O5. The monoisotopic (exact) mass is 368 g/mol. The Labute approximate surface area is 150 Å². The van der Waals surface area contributed by atoms with Gasteiger partial charge in [-0.1, -0.05) is 26.2 Å². The zero-order valence-corrected chi connectivity index (χ0v) is 15.1. The second-order valence-electron chi connectivity index (χ2n) is 6.45. The Morgan fingerprint density at radius 3 is 2.35 bits per heavy atom. The van der Waals surface area contributed by atoms with Gasteiger partial charge in [0.15, 0.2) is 11.6 Å². The number of rotatable bonds is 7. The largest absolute Gasteiger partial charge is 0.490 e. The SMILES string of the molecule is CCCCCCOc1c(F)cc(F)cc1C=C1C(=O)OC(C)(C)OC1=O. The van der Waals surface area contributed by atoms with E-state index in [1.165, 1.54) is 13.8 Å². The molecule has 0 saturated carbocycles. The van der Waals surface area contributed by atoms with Gasteiger partial charge in [0.25, 0.3) is 5.79 Å². The molecule has 0 aliphatic carbocycles. The third kappa shape index (κ3) is 5.03. The summed E-state index contributed by atoms with van der Waals surface area (Å²) in [5.41, 5.74) is -0.522. The molecule has 0 aromatic heterocycles. The number of unbranched alkanes of at least 4 members (excludes halogenated alkanes) is 3. The van der Waals surface area contributed by atoms with Gasteiger partial charge >= 0.3 is 11.9 Å². The lowest BCUT2D eigenvalue weighted by atomic mass is 10.1. The average molecular weight is 368 g/mol. The maximum Gasteiger partial charge on any atom is 0.348 e. The Balaban J connectivity index is 2.27. The lowest BCUT2D eigenvalue weighted by Gasteiger charge is -2.29. The summed E-state index contributed by atoms with van der Waals surface area (Å²) in [6.45, 7) is 5.12. The summed E-state index contributed by atoms with van der Waals surface area (Å²) in [5.74, 6) is -5.23. The smallest absolute Gasteiger partial charge is 0.348 e. The molecule has 0 atom stereocenters. The minimum Gasteiger partial charge on any atom is -0.490 e. The van der Waals surface area contributed by atoms with Crippen LogP contribution in [0.15, 0.2) is 17.7 Å². The second-order valence-corrected chi connectivity index (χ2v) is 6.45. The van der Waals surface area contributed by atoms with Crippen LogP contribution in [-0.4, -0.2) is 24.3 Å². The number of cyclic esters (lactones) is 2. The Bertz CT molecular complexity index is 703. The van der Waals surface area contributed by atoms with Gasteiger partial charge in [-0.25, -0.2) is 18.4 Å². The van der Waals surface area contributed by atoms with E-state index in [0.717, 1.165) is 31.4 Å². The Morgan fingerprint density at radius 2 is 1.73 bits per heavy atom. The van der Waals surface area contributed by atoms with E-state index in [1.807, 2.05) is 0 Å². The van der Waals surface area contributed by atoms with Crippen molar-refractivity contribution in [2.24, 2.45) is 0 Å². The Hall–Kier alpha value is -2.44. The second kappa shape index (κ2) is 8.29. The Morgan fingerprint density at radius 1 is 1.08 bits per heavy atom. The number of ether oxygens (including phenoxy) is 3. The van der Waals surface area contributed by atoms with Crippen molar-refractivity contribution in [1.29, 1.82) is 0 Å². The van der Waals surface area contributed by atoms with Crippen LogP contribution >= 0.6 is 0 Å². The van der Waals surface area contributed by atoms with Crippen molar-refractivity contribution < 1.29 is 32.6 Å². The van der Waals surface area contributed by atoms with Crippen LogP contribution in [0.5, 0.6) is 5.75 Å². The number of carbonyl (C=O) groups is 2. The van der Waals surface area contributed by atoms with E-state index in [2.05, 4.69) is 6.92 Å². The third-order valence-electron chi connectivity index (χ3n) is 3.70. The molecule has 0 spiro atoms. The quantitative estimate of drug-likeness (QED) is 0.313. The molecule has 0 N–H and O–H groups in total. The predicted molar refractivity (Wildman–Crippen MR) is 90.2 cm³/mol. The zero-order valence-electron chi connectivity index (χ0n) is 15.1. The molecule has 1 saturated heterocycles. The van der Waals surface area contributed by atoms with E-state index in [1.54, 1.807) is 0 Å². The number of esters is 2. The number of hydrogen-bond acceptors (Lipinski definition) is 5. The fourth-order valence-electron chi connectivity index (χ4n) is 2.48. The maximum absolute atomic E-state index is 14.1. The molecule has 0 bridgehead atoms. The molecule has 1 fully saturated rings. The van der Waals surface area contributed by atoms with Crippen LogP contribution in [0.4, 0.5) is 8.78 Å². The maximum atomic E-state index is 14.1. The summed E-state index contributed by atoms with van der Waals surface area (Å²) < 4.78 is 43.1. The van der Waals surface area contributed by atoms with Gasteiger partial charge in [0.05, 0.1) is 6.61 Å². The average Bonchev–Trinajstić information content (AvgIpc) is 2.51. The summed E-state index contributed by atoms with van der Waals surface area (Å²) in [6, 6.07) is 1.67. The lowest BCUT2D eigenvalue weighted by molar-refractivity contribution is -0.222. The number of hydrogen-bond donors (Lipinski definition) is 0. The van der Waals surface area contributed by atoms with Gasteiger partial charge < -0.3 is 14.2 Å². The first kappa shape index (κ1) is 19.9. The number of benzene rings is 1. The molecule has 5 nitrogen and oxygen atoms in total. The molecule has 0 unspecified atom stereocenters. The molecule has 0 radical (unpaired) electrons. The van der Waals surface area contributed by atoms with Crippen molar-refractivity contribution in [2.45, 2.75) is 52.2 Å². The third-order valence-corrected chi connectivity index (χ3v) is 3.70. The predicted octanol–water partition coefficient (Wildman–Crippen LogP) is 4.14. The van der Waals surface area contributed by atoms with Gasteiger partial charge in [-0.15, -0.1) is 0 Å². The fraction of sp³-hybridized carbons (Fsp3) is 0.474. The lowest BCUT2D eigenvalue weighted by Crippen LogP contribution is -2.41. The highest BCUT2D eigenvalue weighted by molar-refractivity contribution is 6.19. The normalized spacial score (nSPS) is 16.1. The standard InChI is InChI=1S/C19H22F2O5/c1-4-5-6-7-8-24-16-12(9-13(20)11-15(16)21)10-14-17(22)25-19(2,3)26-18(14)23/h9-11H,4-8H2,1-3H3. The van der Waals surface area contributed by atoms with Crippen LogP contribution in [0.1, 0.15) is 52.0 Å². The van der Waals surface area contributed by atoms with Gasteiger partial charge in [0, 0.05) is 25.5 Å². The summed E-state index contributed by atoms with van der Waals surface area (Å²) in [4.78, 5) is 24.0. The highest BCUT2D eigenvalue weighted by Gasteiger charge is 2.39. The van der Waals surface area contributed by atoms with E-state index in [4.69, 9.17) is 14.2 Å². The minimum absolute atomic E-state index is 0.0680. The molecule has 26 heavy (non-hydrogen) atoms. The van der Waals surface area contributed by atoms with Crippen LogP contribution in [0.3, 0.4) is 0 Å². The topological polar surface area (TPSA) is 61.8 Å². The first-order valence-electron chi connectivity index (χ1n) is 8.53. The molecule has 1 aliphatic heterocycles. The summed E-state index contributed by atoms with van der Waals surface area (Å²) >= 11 is 0. The molecule has 1 aliphatic rings. The van der Waals surface area contributed by atoms with E-state index in [9.17, 15) is 18.4 Å². The fourth-order valence-corrected chi connectivity index (χ4v) is 2.48. The van der Waals surface area contributed by atoms with Gasteiger partial charge in [-0.05, 0) is 18.6 Å². The molecule has 7 heteroatoms. The molecular weight excluding hydrogens is 346 g/mol. The van der Waals surface area contributed by atoms with E-state index in [-0.39, 0.29) is 17.9 Å². The van der Waals surface area contributed by atoms with E-state index >= 15 is 0 Å². The van der Waals surface area contributed by atoms with Crippen molar-refractivity contribution in [3.05, 3.63) is 34.9 Å². The van der Waals surface area contributed by atoms with Gasteiger partial charge in [0.1, 0.15) is 11.4 Å². The first-order valence-corrected chi connectivity index (χ1v) is 8.53. The number of halogens is 2. The van der Waals surface area contributed by atoms with Crippen LogP contribution < -0.4 is 4.74 Å². The van der Waals surface area contributed by atoms with E-state index < -0.39 is 34.9 Å². The van der Waals surface area contributed by atoms with Crippen molar-refractivity contribution in [3.8, 4) is 5.75 Å². The van der Waals surface area contributed by atoms with Crippen LogP contribution in [-0.2, 0) is 19.1 Å². The zero-order chi connectivity index (χ0) is 19.3. The van der Waals surface area contributed by atoms with Crippen LogP contribution in [0.2, 0.25) is 0 Å². The van der Waals surface area contributed by atoms with Crippen LogP contribution in [0, 0.1) is 11.6 Å². The first-order chi connectivity index (χ1) is 12.2. The minimum atomic E-state index is -1.39. The summed E-state index contributed by atoms with van der Waals surface area (Å²) in [7, 11) is 0. The molecule has 142 valence electrons. The van der Waals surface area contributed by atoms with Crippen molar-refractivity contribution in [1.82, 2.24) is 0 Å². The molecule has 1 aromatic rings. The number of carbonyl (C=O) groups excluding carboxylic acids is 2. The summed E-state index contributed by atoms with van der Waals surface area (Å²) in [6.07, 6.45) is 4.72. The molecule has 2 rings (SSSR count). The molecule has 1 aromatic carbocycles. The molecule has 1 heterocycles. The summed E-state index contributed by atoms with van der Waals surface area (Å²) in [5, 5.41) is 0. The van der Waals surface area contributed by atoms with Gasteiger partial charge in [0.2, 0.25) is 0 Å². The Kier molecular flexibility index (Phi) is 6.34. The highest BCUT2D eigenvalue weighted by Crippen LogP contribution is 2.30. The van der Waals surface area contributed by atoms with Gasteiger partial charge in [-0.2, -0.15) is 0 Å². The van der Waals surface area contributed by atoms with Crippen molar-refractivity contribution in [3.63, 3.8) is 0 Å². The van der Waals surface area contributed by atoms with Gasteiger partial charge in [-0.3, -0.25) is 0 Å². The molecule has 0 amide bonds.